The minimum Gasteiger partial charge on any atom is -0.0313 e. The van der Waals surface area contributed by atoms with Crippen LogP contribution in [0.4, 0.5) is 0 Å². The van der Waals surface area contributed by atoms with Gasteiger partial charge in [-0.15, -0.1) is 0 Å². The predicted octanol–water partition coefficient (Wildman–Crippen LogP) is 4.52. The third-order valence-electron chi connectivity index (χ3n) is 3.00. The van der Waals surface area contributed by atoms with Gasteiger partial charge in [0.25, 0.3) is 0 Å². The molecule has 0 spiro atoms. The molecule has 0 amide bonds. The Balaban J connectivity index is -0.000000180. The molecule has 0 aliphatic rings. The molecule has 0 aliphatic carbocycles. The molecular formula is C12H32AuP2+2. The number of rotatable bonds is 6. The molecule has 0 fully saturated rings. The van der Waals surface area contributed by atoms with Crippen LogP contribution in [0.2, 0.25) is 0 Å². The molecule has 0 nitrogen and oxygen atoms in total. The van der Waals surface area contributed by atoms with E-state index in [1.54, 1.807) is 0 Å². The van der Waals surface area contributed by atoms with Gasteiger partial charge in [-0.3, -0.25) is 0 Å². The van der Waals surface area contributed by atoms with Crippen LogP contribution in [0.5, 0.6) is 0 Å². The minimum absolute atomic E-state index is 0. The van der Waals surface area contributed by atoms with Crippen LogP contribution >= 0.6 is 15.8 Å². The maximum Gasteiger partial charge on any atom is 0.0543 e. The van der Waals surface area contributed by atoms with E-state index in [4.69, 9.17) is 0 Å². The Morgan fingerprint density at radius 1 is 0.467 bits per heavy atom. The van der Waals surface area contributed by atoms with Crippen molar-refractivity contribution in [1.29, 1.82) is 0 Å². The Bertz CT molecular complexity index is 68.6. The molecule has 0 atom stereocenters. The summed E-state index contributed by atoms with van der Waals surface area (Å²) < 4.78 is 0. The van der Waals surface area contributed by atoms with Gasteiger partial charge in [0.2, 0.25) is 0 Å². The molecule has 0 heterocycles. The largest absolute Gasteiger partial charge is 0.0543 e. The third kappa shape index (κ3) is 15.6. The van der Waals surface area contributed by atoms with Gasteiger partial charge < -0.3 is 0 Å². The van der Waals surface area contributed by atoms with E-state index in [0.29, 0.717) is 0 Å². The molecule has 0 aliphatic heterocycles. The van der Waals surface area contributed by atoms with E-state index in [0.717, 1.165) is 0 Å². The summed E-state index contributed by atoms with van der Waals surface area (Å²) in [7, 11) is 0.275. The summed E-state index contributed by atoms with van der Waals surface area (Å²) >= 11 is 0. The van der Waals surface area contributed by atoms with E-state index in [9.17, 15) is 0 Å². The molecule has 1 radical (unpaired) electrons. The normalized spacial score (nSPS) is 9.60. The first-order valence-corrected chi connectivity index (χ1v) is 10.6. The fraction of sp³-hybridized carbons (Fsp3) is 1.00. The van der Waals surface area contributed by atoms with Crippen molar-refractivity contribution >= 4 is 15.8 Å². The Hall–Kier alpha value is 1.60. The standard InChI is InChI=1S/2C6H15P.Au/c2*1-4-7(5-2)6-3;/h2*4-6H2,1-3H3;/p+2. The minimum atomic E-state index is 0. The molecule has 0 saturated carbocycles. The molecule has 15 heavy (non-hydrogen) atoms. The monoisotopic (exact) mass is 435 g/mol. The van der Waals surface area contributed by atoms with Gasteiger partial charge >= 0.3 is 0 Å². The van der Waals surface area contributed by atoms with Crippen LogP contribution in [0.1, 0.15) is 41.5 Å². The second kappa shape index (κ2) is 18.0. The van der Waals surface area contributed by atoms with Crippen LogP contribution in [0.25, 0.3) is 0 Å². The first-order valence-electron chi connectivity index (χ1n) is 6.36. The van der Waals surface area contributed by atoms with Crippen molar-refractivity contribution in [3.05, 3.63) is 0 Å². The van der Waals surface area contributed by atoms with E-state index in [1.165, 1.54) is 37.0 Å². The quantitative estimate of drug-likeness (QED) is 0.425. The second-order valence-corrected chi connectivity index (χ2v) is 10.9. The molecule has 0 aromatic rings. The van der Waals surface area contributed by atoms with Crippen molar-refractivity contribution in [3.8, 4) is 0 Å². The zero-order valence-corrected chi connectivity index (χ0v) is 15.7. The molecule has 0 aromatic carbocycles. The third-order valence-corrected chi connectivity index (χ3v) is 9.00. The van der Waals surface area contributed by atoms with Gasteiger partial charge in [-0.2, -0.15) is 0 Å². The first-order chi connectivity index (χ1) is 6.69. The fourth-order valence-electron chi connectivity index (χ4n) is 1.50. The van der Waals surface area contributed by atoms with Crippen molar-refractivity contribution in [1.82, 2.24) is 0 Å². The molecule has 0 saturated heterocycles. The number of hydrogen-bond acceptors (Lipinski definition) is 0. The Morgan fingerprint density at radius 3 is 0.600 bits per heavy atom. The van der Waals surface area contributed by atoms with Gasteiger partial charge in [-0.05, 0) is 57.4 Å². The zero-order chi connectivity index (χ0) is 11.4. The second-order valence-electron chi connectivity index (χ2n) is 3.62. The fourth-order valence-corrected chi connectivity index (χ4v) is 4.50. The van der Waals surface area contributed by atoms with E-state index >= 15 is 0 Å². The molecule has 0 N–H and O–H groups in total. The first kappa shape index (κ1) is 21.8. The van der Waals surface area contributed by atoms with E-state index < -0.39 is 0 Å². The summed E-state index contributed by atoms with van der Waals surface area (Å²) in [5.74, 6) is 0. The maximum atomic E-state index is 2.31. The SMILES string of the molecule is CC[PH+](CC)CC.CC[PH+](CC)CC.[Au]. The van der Waals surface area contributed by atoms with Crippen LogP contribution < -0.4 is 0 Å². The predicted molar refractivity (Wildman–Crippen MR) is 79.9 cm³/mol. The molecule has 0 rings (SSSR count). The number of hydrogen-bond donors (Lipinski definition) is 0. The van der Waals surface area contributed by atoms with Crippen LogP contribution in [0.3, 0.4) is 0 Å². The van der Waals surface area contributed by atoms with Gasteiger partial charge in [-0.25, -0.2) is 0 Å². The average Bonchev–Trinajstić information content (AvgIpc) is 2.24. The summed E-state index contributed by atoms with van der Waals surface area (Å²) in [6, 6.07) is 0. The van der Waals surface area contributed by atoms with Crippen molar-refractivity contribution < 1.29 is 22.4 Å². The summed E-state index contributed by atoms with van der Waals surface area (Å²) in [6.45, 7) is 13.8. The summed E-state index contributed by atoms with van der Waals surface area (Å²) in [6.07, 6.45) is 8.74. The maximum absolute atomic E-state index is 2.31. The van der Waals surface area contributed by atoms with E-state index in [2.05, 4.69) is 41.5 Å². The molecule has 0 bridgehead atoms. The molecule has 3 heteroatoms. The Kier molecular flexibility index (Phi) is 26.2. The Labute approximate surface area is 116 Å². The van der Waals surface area contributed by atoms with Crippen LogP contribution in [0.15, 0.2) is 0 Å². The van der Waals surface area contributed by atoms with Gasteiger partial charge in [0.05, 0.1) is 37.0 Å². The zero-order valence-electron chi connectivity index (χ0n) is 11.5. The van der Waals surface area contributed by atoms with Crippen molar-refractivity contribution in [3.63, 3.8) is 0 Å². The summed E-state index contributed by atoms with van der Waals surface area (Å²) in [4.78, 5) is 0. The molecule has 99 valence electrons. The van der Waals surface area contributed by atoms with Crippen molar-refractivity contribution in [2.24, 2.45) is 0 Å². The van der Waals surface area contributed by atoms with Gasteiger partial charge in [0.15, 0.2) is 0 Å². The van der Waals surface area contributed by atoms with Crippen LogP contribution in [-0.2, 0) is 22.4 Å². The van der Waals surface area contributed by atoms with Crippen molar-refractivity contribution in [2.45, 2.75) is 41.5 Å². The van der Waals surface area contributed by atoms with Crippen LogP contribution in [-0.4, -0.2) is 37.0 Å². The van der Waals surface area contributed by atoms with Gasteiger partial charge in [0.1, 0.15) is 0 Å². The molecule has 0 aromatic heterocycles. The summed E-state index contributed by atoms with van der Waals surface area (Å²) in [5, 5.41) is 0. The van der Waals surface area contributed by atoms with E-state index in [1.807, 2.05) is 0 Å². The van der Waals surface area contributed by atoms with Gasteiger partial charge in [0, 0.05) is 22.4 Å². The van der Waals surface area contributed by atoms with Crippen LogP contribution in [0, 0.1) is 0 Å². The Morgan fingerprint density at radius 2 is 0.600 bits per heavy atom. The summed E-state index contributed by atoms with van der Waals surface area (Å²) in [5.41, 5.74) is 0. The van der Waals surface area contributed by atoms with E-state index in [-0.39, 0.29) is 38.2 Å². The topological polar surface area (TPSA) is 0 Å². The average molecular weight is 435 g/mol. The van der Waals surface area contributed by atoms with Gasteiger partial charge in [-0.1, -0.05) is 0 Å². The molecular weight excluding hydrogens is 403 g/mol. The molecule has 0 unspecified atom stereocenters. The smallest absolute Gasteiger partial charge is 0.0313 e. The van der Waals surface area contributed by atoms with Crippen molar-refractivity contribution in [2.75, 3.05) is 37.0 Å².